The van der Waals surface area contributed by atoms with Gasteiger partial charge in [-0.1, -0.05) is 180 Å². The Balaban J connectivity index is 0.870. The van der Waals surface area contributed by atoms with Gasteiger partial charge in [-0.25, -0.2) is 0 Å². The third-order valence-electron chi connectivity index (χ3n) is 18.4. The smallest absolute Gasteiger partial charge is 0.145 e. The number of rotatable bonds is 0. The van der Waals surface area contributed by atoms with Crippen LogP contribution in [0.3, 0.4) is 0 Å². The summed E-state index contributed by atoms with van der Waals surface area (Å²) >= 11 is 0. The average Bonchev–Trinajstić information content (AvgIpc) is 0.809. The van der Waals surface area contributed by atoms with E-state index in [2.05, 4.69) is 96.2 Å². The molecule has 1 aliphatic heterocycles. The standard InChI is InChI=1S/C92H112N4O14/c1-63-47-65-51-73(89(3,4)5)55-69(85(65)97)59-93-77-23-15-19-27-81(77)107-43-39-103-35-31-101-33-37-105-41-45-109-83-29-21-17-25-79(83)95-61-71-57-75(91(9,10)11)53-67(87(71)99)49-64(2)50-68-54-76(92(12,13)14)58-72(88(68)100)62-96-80-26-18-22-30-84(80)110-46-42-106-38-34-102-32-36-104-40-44-108-82-28-20-16-24-78(82)94-60-70-56-74(90(6,7)8)52-66(48-63)86(70)98/h15-30,51-62,97-100H,1-2,31-50H2,3-14H3. The Kier molecular flexibility index (Phi) is 30.7. The van der Waals surface area contributed by atoms with Gasteiger partial charge in [-0.2, -0.15) is 0 Å². The van der Waals surface area contributed by atoms with E-state index in [-0.39, 0.29) is 71.1 Å². The first kappa shape index (κ1) is 84.1. The minimum absolute atomic E-state index is 0.0934. The first-order valence-electron chi connectivity index (χ1n) is 37.9. The molecule has 8 bridgehead atoms. The van der Waals surface area contributed by atoms with Gasteiger partial charge < -0.3 is 67.8 Å². The second kappa shape index (κ2) is 40.1. The summed E-state index contributed by atoms with van der Waals surface area (Å²) in [6.45, 7) is 39.8. The molecule has 0 amide bonds. The molecule has 0 atom stereocenters. The number of hydrogen-bond acceptors (Lipinski definition) is 18. The van der Waals surface area contributed by atoms with E-state index in [4.69, 9.17) is 67.3 Å². The van der Waals surface area contributed by atoms with Gasteiger partial charge >= 0.3 is 0 Å². The van der Waals surface area contributed by atoms with Crippen molar-refractivity contribution in [2.75, 3.05) is 106 Å². The number of aromatic hydroxyl groups is 4. The number of aliphatic imine (C=N–C) groups is 4. The zero-order chi connectivity index (χ0) is 78.9. The number of ether oxygens (including phenoxy) is 10. The van der Waals surface area contributed by atoms with Crippen molar-refractivity contribution in [1.82, 2.24) is 0 Å². The lowest BCUT2D eigenvalue weighted by atomic mass is 9.82. The van der Waals surface area contributed by atoms with Gasteiger partial charge in [0.15, 0.2) is 0 Å². The number of hydrogen-bond donors (Lipinski definition) is 4. The molecule has 0 saturated carbocycles. The molecule has 0 radical (unpaired) electrons. The molecule has 1 aliphatic rings. The van der Waals surface area contributed by atoms with E-state index < -0.39 is 0 Å². The van der Waals surface area contributed by atoms with Crippen LogP contribution in [0.15, 0.2) is 190 Å². The molecule has 18 heteroatoms. The molecular formula is C92H112N4O14. The molecule has 0 saturated heterocycles. The molecule has 584 valence electrons. The first-order valence-corrected chi connectivity index (χ1v) is 37.9. The largest absolute Gasteiger partial charge is 0.507 e. The number of benzene rings is 8. The summed E-state index contributed by atoms with van der Waals surface area (Å²) < 4.78 is 59.7. The predicted octanol–water partition coefficient (Wildman–Crippen LogP) is 18.7. The quantitative estimate of drug-likeness (QED) is 0.104. The monoisotopic (exact) mass is 1500 g/mol. The lowest BCUT2D eigenvalue weighted by molar-refractivity contribution is 0.00504. The number of allylic oxidation sites excluding steroid dienone is 2. The Morgan fingerprint density at radius 2 is 0.445 bits per heavy atom. The molecule has 8 aromatic rings. The van der Waals surface area contributed by atoms with Crippen molar-refractivity contribution >= 4 is 47.6 Å². The molecule has 0 fully saturated rings. The Bertz CT molecular complexity index is 3950. The fraction of sp³-hybridized carbons (Fsp3) is 0.391. The van der Waals surface area contributed by atoms with Gasteiger partial charge in [-0.05, 0) is 165 Å². The van der Waals surface area contributed by atoms with Gasteiger partial charge in [0.2, 0.25) is 0 Å². The highest BCUT2D eigenvalue weighted by Gasteiger charge is 2.25. The minimum atomic E-state index is -0.265. The molecule has 8 aromatic carbocycles. The van der Waals surface area contributed by atoms with Crippen LogP contribution in [0.4, 0.5) is 22.7 Å². The van der Waals surface area contributed by atoms with Crippen molar-refractivity contribution in [1.29, 1.82) is 0 Å². The average molecular weight is 1500 g/mol. The van der Waals surface area contributed by atoms with Crippen LogP contribution in [-0.2, 0) is 75.8 Å². The number of para-hydroxylation sites is 8. The van der Waals surface area contributed by atoms with Crippen LogP contribution in [0.25, 0.3) is 0 Å². The lowest BCUT2D eigenvalue weighted by Gasteiger charge is -2.23. The Labute approximate surface area is 650 Å². The van der Waals surface area contributed by atoms with Gasteiger partial charge in [0.05, 0.1) is 79.3 Å². The van der Waals surface area contributed by atoms with Crippen LogP contribution >= 0.6 is 0 Å². The van der Waals surface area contributed by atoms with Crippen LogP contribution in [-0.4, -0.2) is 151 Å². The van der Waals surface area contributed by atoms with Gasteiger partial charge in [0, 0.05) is 47.1 Å². The number of nitrogens with zero attached hydrogens (tertiary/aromatic N) is 4. The summed E-state index contributed by atoms with van der Waals surface area (Å²) in [5, 5.41) is 47.9. The maximum Gasteiger partial charge on any atom is 0.145 e. The predicted molar refractivity (Wildman–Crippen MR) is 442 cm³/mol. The molecule has 18 nitrogen and oxygen atoms in total. The summed E-state index contributed by atoms with van der Waals surface area (Å²) in [4.78, 5) is 19.4. The van der Waals surface area contributed by atoms with Crippen molar-refractivity contribution in [3.05, 3.63) is 237 Å². The molecule has 0 aromatic heterocycles. The van der Waals surface area contributed by atoms with Crippen molar-refractivity contribution in [2.45, 2.75) is 130 Å². The maximum atomic E-state index is 12.0. The Morgan fingerprint density at radius 1 is 0.264 bits per heavy atom. The molecule has 0 spiro atoms. The second-order valence-electron chi connectivity index (χ2n) is 31.5. The van der Waals surface area contributed by atoms with E-state index in [0.717, 1.165) is 33.4 Å². The number of phenolic OH excluding ortho intramolecular Hbond substituents is 4. The van der Waals surface area contributed by atoms with E-state index in [0.29, 0.717) is 195 Å². The molecule has 110 heavy (non-hydrogen) atoms. The second-order valence-corrected chi connectivity index (χ2v) is 31.5. The highest BCUT2D eigenvalue weighted by Crippen LogP contribution is 2.40. The fourth-order valence-corrected chi connectivity index (χ4v) is 12.0. The van der Waals surface area contributed by atoms with Crippen molar-refractivity contribution < 1.29 is 67.8 Å². The summed E-state index contributed by atoms with van der Waals surface area (Å²) in [5.74, 6) is 2.64. The number of phenols is 4. The summed E-state index contributed by atoms with van der Waals surface area (Å²) in [6.07, 6.45) is 8.05. The van der Waals surface area contributed by atoms with Crippen molar-refractivity contribution in [2.24, 2.45) is 20.0 Å². The van der Waals surface area contributed by atoms with E-state index in [1.807, 2.05) is 146 Å². The van der Waals surface area contributed by atoms with Crippen LogP contribution in [0.2, 0.25) is 0 Å². The molecular weight excluding hydrogens is 1390 g/mol. The highest BCUT2D eigenvalue weighted by atomic mass is 16.6. The topological polar surface area (TPSA) is 223 Å². The minimum Gasteiger partial charge on any atom is -0.507 e. The maximum absolute atomic E-state index is 12.0. The highest BCUT2D eigenvalue weighted by molar-refractivity contribution is 5.90. The lowest BCUT2D eigenvalue weighted by Crippen LogP contribution is -2.14. The van der Waals surface area contributed by atoms with Crippen LogP contribution in [0.1, 0.15) is 150 Å². The van der Waals surface area contributed by atoms with E-state index in [1.54, 1.807) is 24.9 Å². The van der Waals surface area contributed by atoms with Crippen molar-refractivity contribution in [3.8, 4) is 46.0 Å². The summed E-state index contributed by atoms with van der Waals surface area (Å²) in [7, 11) is 0. The third kappa shape index (κ3) is 25.6. The van der Waals surface area contributed by atoms with E-state index >= 15 is 0 Å². The molecule has 4 N–H and O–H groups in total. The Hall–Kier alpha value is -9.92. The fourth-order valence-electron chi connectivity index (χ4n) is 12.0. The SMILES string of the molecule is C=C1Cc2cc(C(C)(C)C)cc(c2O)C=Nc2ccccc2OCCOCCOCCOCCOc2ccccc2N=Cc2cc(C(C)(C)C)cc(c2O)CC(=C)Cc2cc(C(C)(C)C)cc(c2O)C=Nc2ccccc2OCCOCCOCCOCCOc2ccccc2N=Cc2cc(C(C)(C)C)cc(c2O)C1. The molecule has 0 unspecified atom stereocenters. The van der Waals surface area contributed by atoms with E-state index in [9.17, 15) is 20.4 Å². The number of fused-ring (bicyclic) bond motifs is 12. The van der Waals surface area contributed by atoms with Gasteiger partial charge in [0.1, 0.15) is 95.2 Å². The zero-order valence-electron chi connectivity index (χ0n) is 66.4. The van der Waals surface area contributed by atoms with Gasteiger partial charge in [0.25, 0.3) is 0 Å². The van der Waals surface area contributed by atoms with Gasteiger partial charge in [-0.15, -0.1) is 0 Å². The van der Waals surface area contributed by atoms with Crippen LogP contribution in [0.5, 0.6) is 46.0 Å². The summed E-state index contributed by atoms with van der Waals surface area (Å²) in [6, 6.07) is 45.9. The zero-order valence-corrected chi connectivity index (χ0v) is 66.4. The van der Waals surface area contributed by atoms with Crippen LogP contribution < -0.4 is 18.9 Å². The molecule has 1 heterocycles. The van der Waals surface area contributed by atoms with Gasteiger partial charge in [-0.3, -0.25) is 20.0 Å². The van der Waals surface area contributed by atoms with Crippen molar-refractivity contribution in [3.63, 3.8) is 0 Å². The van der Waals surface area contributed by atoms with Crippen LogP contribution in [0, 0.1) is 0 Å². The molecule has 9 rings (SSSR count). The third-order valence-corrected chi connectivity index (χ3v) is 18.4. The van der Waals surface area contributed by atoms with E-state index in [1.165, 1.54) is 0 Å². The normalized spacial score (nSPS) is 15.9. The molecule has 0 aliphatic carbocycles. The Morgan fingerprint density at radius 3 is 0.636 bits per heavy atom. The summed E-state index contributed by atoms with van der Waals surface area (Å²) in [5.41, 5.74) is 11.9. The first-order chi connectivity index (χ1) is 52.6.